The van der Waals surface area contributed by atoms with Gasteiger partial charge >= 0.3 is 0 Å². The van der Waals surface area contributed by atoms with Crippen molar-refractivity contribution in [2.75, 3.05) is 6.61 Å². The van der Waals surface area contributed by atoms with Crippen molar-refractivity contribution in [2.45, 2.75) is 59.3 Å². The lowest BCUT2D eigenvalue weighted by molar-refractivity contribution is 0.239. The zero-order chi connectivity index (χ0) is 14.3. The van der Waals surface area contributed by atoms with E-state index >= 15 is 0 Å². The third-order valence-electron chi connectivity index (χ3n) is 3.45. The quantitative estimate of drug-likeness (QED) is 0.561. The van der Waals surface area contributed by atoms with Gasteiger partial charge in [-0.05, 0) is 36.0 Å². The highest BCUT2D eigenvalue weighted by Crippen LogP contribution is 2.24. The van der Waals surface area contributed by atoms with Gasteiger partial charge in [0.2, 0.25) is 0 Å². The van der Waals surface area contributed by atoms with E-state index in [2.05, 4.69) is 27.7 Å². The van der Waals surface area contributed by atoms with E-state index < -0.39 is 0 Å². The van der Waals surface area contributed by atoms with Gasteiger partial charge in [0.1, 0.15) is 0 Å². The monoisotopic (exact) mass is 266 g/mol. The molecule has 0 amide bonds. The smallest absolute Gasteiger partial charge is 0.165 e. The molecule has 0 heterocycles. The maximum absolute atomic E-state index is 13.7. The number of rotatable bonds is 8. The van der Waals surface area contributed by atoms with E-state index in [0.717, 1.165) is 12.0 Å². The number of hydrogen-bond acceptors (Lipinski definition) is 1. The molecule has 0 unspecified atom stereocenters. The average molecular weight is 266 g/mol. The summed E-state index contributed by atoms with van der Waals surface area (Å²) in [6.45, 7) is 9.17. The molecule has 1 atom stereocenters. The summed E-state index contributed by atoms with van der Waals surface area (Å²) < 4.78 is 19.3. The van der Waals surface area contributed by atoms with Crippen LogP contribution in [0.5, 0.6) is 5.75 Å². The van der Waals surface area contributed by atoms with Crippen LogP contribution in [0.25, 0.3) is 0 Å². The first-order valence-electron chi connectivity index (χ1n) is 7.46. The molecule has 0 aromatic heterocycles. The SMILES string of the molecule is CCCCC[C@@H](C)COc1cc(C(C)C)ccc1F. The van der Waals surface area contributed by atoms with Crippen LogP contribution in [0.1, 0.15) is 64.9 Å². The van der Waals surface area contributed by atoms with E-state index in [1.807, 2.05) is 12.1 Å². The molecule has 2 heteroatoms. The van der Waals surface area contributed by atoms with Crippen molar-refractivity contribution in [3.05, 3.63) is 29.6 Å². The fourth-order valence-corrected chi connectivity index (χ4v) is 2.05. The minimum absolute atomic E-state index is 0.259. The van der Waals surface area contributed by atoms with Crippen LogP contribution in [0, 0.1) is 11.7 Å². The van der Waals surface area contributed by atoms with Crippen LogP contribution < -0.4 is 4.74 Å². The molecule has 1 rings (SSSR count). The Bertz CT molecular complexity index is 374. The molecule has 0 N–H and O–H groups in total. The minimum atomic E-state index is -0.259. The average Bonchev–Trinajstić information content (AvgIpc) is 2.37. The van der Waals surface area contributed by atoms with Gasteiger partial charge < -0.3 is 4.74 Å². The number of halogens is 1. The first-order valence-corrected chi connectivity index (χ1v) is 7.46. The largest absolute Gasteiger partial charge is 0.490 e. The number of ether oxygens (including phenoxy) is 1. The summed E-state index contributed by atoms with van der Waals surface area (Å²) in [5.41, 5.74) is 1.12. The Morgan fingerprint density at radius 3 is 2.53 bits per heavy atom. The Hall–Kier alpha value is -1.05. The molecule has 0 spiro atoms. The maximum atomic E-state index is 13.7. The lowest BCUT2D eigenvalue weighted by atomic mass is 10.0. The van der Waals surface area contributed by atoms with Gasteiger partial charge in [-0.25, -0.2) is 4.39 Å². The molecule has 0 aliphatic rings. The van der Waals surface area contributed by atoms with Crippen LogP contribution in [0.3, 0.4) is 0 Å². The minimum Gasteiger partial charge on any atom is -0.490 e. The number of unbranched alkanes of at least 4 members (excludes halogenated alkanes) is 2. The summed E-state index contributed by atoms with van der Waals surface area (Å²) in [6.07, 6.45) is 4.88. The van der Waals surface area contributed by atoms with Crippen LogP contribution in [0.15, 0.2) is 18.2 Å². The molecule has 0 fully saturated rings. The van der Waals surface area contributed by atoms with Crippen LogP contribution >= 0.6 is 0 Å². The second kappa shape index (κ2) is 8.19. The Kier molecular flexibility index (Phi) is 6.90. The third kappa shape index (κ3) is 5.63. The molecular formula is C17H27FO. The third-order valence-corrected chi connectivity index (χ3v) is 3.45. The van der Waals surface area contributed by atoms with Gasteiger partial charge in [0.25, 0.3) is 0 Å². The van der Waals surface area contributed by atoms with Gasteiger partial charge in [-0.3, -0.25) is 0 Å². The van der Waals surface area contributed by atoms with E-state index in [0.29, 0.717) is 24.2 Å². The fraction of sp³-hybridized carbons (Fsp3) is 0.647. The summed E-state index contributed by atoms with van der Waals surface area (Å²) in [5, 5.41) is 0. The van der Waals surface area contributed by atoms with Crippen LogP contribution in [0.4, 0.5) is 4.39 Å². The van der Waals surface area contributed by atoms with E-state index in [9.17, 15) is 4.39 Å². The highest BCUT2D eigenvalue weighted by molar-refractivity contribution is 5.31. The zero-order valence-electron chi connectivity index (χ0n) is 12.7. The van der Waals surface area contributed by atoms with Gasteiger partial charge in [-0.1, -0.05) is 53.0 Å². The molecule has 19 heavy (non-hydrogen) atoms. The van der Waals surface area contributed by atoms with Crippen molar-refractivity contribution in [3.63, 3.8) is 0 Å². The molecule has 1 aromatic carbocycles. The number of benzene rings is 1. The second-order valence-electron chi connectivity index (χ2n) is 5.76. The van der Waals surface area contributed by atoms with Crippen molar-refractivity contribution >= 4 is 0 Å². The Balaban J connectivity index is 2.50. The summed E-state index contributed by atoms with van der Waals surface area (Å²) in [7, 11) is 0. The van der Waals surface area contributed by atoms with Crippen LogP contribution in [0.2, 0.25) is 0 Å². The topological polar surface area (TPSA) is 9.23 Å². The maximum Gasteiger partial charge on any atom is 0.165 e. The summed E-state index contributed by atoms with van der Waals surface area (Å²) >= 11 is 0. The van der Waals surface area contributed by atoms with E-state index in [-0.39, 0.29) is 5.82 Å². The van der Waals surface area contributed by atoms with Crippen LogP contribution in [-0.2, 0) is 0 Å². The van der Waals surface area contributed by atoms with E-state index in [1.54, 1.807) is 0 Å². The second-order valence-corrected chi connectivity index (χ2v) is 5.76. The van der Waals surface area contributed by atoms with Gasteiger partial charge in [0.15, 0.2) is 11.6 Å². The zero-order valence-corrected chi connectivity index (χ0v) is 12.7. The highest BCUT2D eigenvalue weighted by Gasteiger charge is 2.09. The standard InChI is InChI=1S/C17H27FO/c1-5-6-7-8-14(4)12-19-17-11-15(13(2)3)9-10-16(17)18/h9-11,13-14H,5-8,12H2,1-4H3/t14-/m1/s1. The van der Waals surface area contributed by atoms with Crippen molar-refractivity contribution in [1.29, 1.82) is 0 Å². The molecule has 0 saturated carbocycles. The summed E-state index contributed by atoms with van der Waals surface area (Å²) in [4.78, 5) is 0. The first-order chi connectivity index (χ1) is 9.04. The molecular weight excluding hydrogens is 239 g/mol. The lowest BCUT2D eigenvalue weighted by Crippen LogP contribution is -2.09. The Morgan fingerprint density at radius 2 is 1.89 bits per heavy atom. The van der Waals surface area contributed by atoms with E-state index in [4.69, 9.17) is 4.74 Å². The fourth-order valence-electron chi connectivity index (χ4n) is 2.05. The molecule has 0 saturated heterocycles. The molecule has 108 valence electrons. The first kappa shape index (κ1) is 16.0. The van der Waals surface area contributed by atoms with Gasteiger partial charge in [-0.15, -0.1) is 0 Å². The Morgan fingerprint density at radius 1 is 1.16 bits per heavy atom. The van der Waals surface area contributed by atoms with Gasteiger partial charge in [0.05, 0.1) is 6.61 Å². The normalized spacial score (nSPS) is 12.7. The van der Waals surface area contributed by atoms with Crippen molar-refractivity contribution in [3.8, 4) is 5.75 Å². The predicted molar refractivity (Wildman–Crippen MR) is 79.3 cm³/mol. The molecule has 0 bridgehead atoms. The predicted octanol–water partition coefficient (Wildman–Crippen LogP) is 5.54. The number of hydrogen-bond donors (Lipinski definition) is 0. The highest BCUT2D eigenvalue weighted by atomic mass is 19.1. The van der Waals surface area contributed by atoms with Crippen molar-refractivity contribution in [1.82, 2.24) is 0 Å². The summed E-state index contributed by atoms with van der Waals surface area (Å²) in [6, 6.07) is 5.17. The van der Waals surface area contributed by atoms with Crippen LogP contribution in [-0.4, -0.2) is 6.61 Å². The van der Waals surface area contributed by atoms with Gasteiger partial charge in [-0.2, -0.15) is 0 Å². The lowest BCUT2D eigenvalue weighted by Gasteiger charge is -2.15. The van der Waals surface area contributed by atoms with Crippen molar-refractivity contribution < 1.29 is 9.13 Å². The van der Waals surface area contributed by atoms with Gasteiger partial charge in [0, 0.05) is 0 Å². The molecule has 1 nitrogen and oxygen atoms in total. The molecule has 0 aliphatic heterocycles. The Labute approximate surface area is 117 Å². The summed E-state index contributed by atoms with van der Waals surface area (Å²) in [5.74, 6) is 1.01. The van der Waals surface area contributed by atoms with Crippen molar-refractivity contribution in [2.24, 2.45) is 5.92 Å². The van der Waals surface area contributed by atoms with E-state index in [1.165, 1.54) is 25.3 Å². The molecule has 1 aromatic rings. The molecule has 0 radical (unpaired) electrons. The molecule has 0 aliphatic carbocycles.